The molecule has 0 aromatic carbocycles. The highest BCUT2D eigenvalue weighted by Gasteiger charge is 2.59. The number of hydrogen-bond donors (Lipinski definition) is 9. The van der Waals surface area contributed by atoms with Gasteiger partial charge in [-0.15, -0.1) is 69.6 Å². The van der Waals surface area contributed by atoms with Crippen molar-refractivity contribution in [3.8, 4) is 0 Å². The van der Waals surface area contributed by atoms with Gasteiger partial charge in [0.2, 0.25) is 11.6 Å². The van der Waals surface area contributed by atoms with Crippen LogP contribution >= 0.6 is 69.6 Å². The highest BCUT2D eigenvalue weighted by atomic mass is 35.5. The number of ether oxygens (including phenoxy) is 5. The molecule has 9 N–H and O–H groups in total. The van der Waals surface area contributed by atoms with E-state index in [4.69, 9.17) is 93.3 Å². The second-order valence-corrected chi connectivity index (χ2v) is 14.7. The van der Waals surface area contributed by atoms with Crippen LogP contribution in [0.5, 0.6) is 0 Å². The average molecular weight is 833 g/mol. The molecule has 15 nitrogen and oxygen atoms in total. The molecule has 2 aliphatic heterocycles. The normalized spacial score (nSPS) is 48.6. The van der Waals surface area contributed by atoms with Crippen molar-refractivity contribution in [1.29, 1.82) is 0 Å². The maximum absolute atomic E-state index is 11.0. The van der Waals surface area contributed by atoms with E-state index in [0.29, 0.717) is 0 Å². The molecule has 18 atom stereocenters. The Morgan fingerprint density at radius 1 is 0.673 bits per heavy atom. The Hall–Kier alpha value is 0.690. The highest BCUT2D eigenvalue weighted by molar-refractivity contribution is 6.21. The Balaban J connectivity index is 0.000000267. The topological polar surface area (TPSA) is 245 Å². The summed E-state index contributed by atoms with van der Waals surface area (Å²) in [5.41, 5.74) is 0. The number of esters is 1. The molecular formula is C28H44Cl6O15. The van der Waals surface area contributed by atoms with Gasteiger partial charge in [-0.1, -0.05) is 0 Å². The molecule has 0 bridgehead atoms. The van der Waals surface area contributed by atoms with Gasteiger partial charge in [0, 0.05) is 25.4 Å². The lowest BCUT2D eigenvalue weighted by atomic mass is 9.83. The molecule has 18 unspecified atom stereocenters. The molecule has 0 spiro atoms. The standard InChI is InChI=1S/C15H23Cl3O8.C13H21Cl3O7/c1-6(19)24-4-7-2-8(11(20)13(22)10(7)18)25-15(5-17)14(23)12(21)9(3-16)26-15;14-2-7-10(19)12(21)13(4-15,23-7)22-6-1-5(3-17)8(16)11(20)9(6)18/h7-14,20-23H,2-5H2,1H3;5-12,17-21H,1-4H2. The maximum atomic E-state index is 11.0. The number of carbonyl (C=O) groups is 1. The Morgan fingerprint density at radius 3 is 1.39 bits per heavy atom. The molecular weight excluding hydrogens is 789 g/mol. The van der Waals surface area contributed by atoms with E-state index in [0.717, 1.165) is 0 Å². The van der Waals surface area contributed by atoms with Crippen LogP contribution in [0.1, 0.15) is 19.8 Å². The SMILES string of the molecule is CC(=O)OCC1CC(OC2(CCl)OC(CCl)C(O)C2O)C(O)C(O)C1Cl.OCC1CC(OC2(CCl)OC(CCl)C(O)C2O)C(O)C(O)C1Cl. The van der Waals surface area contributed by atoms with Crippen molar-refractivity contribution in [2.75, 3.05) is 36.7 Å². The summed E-state index contributed by atoms with van der Waals surface area (Å²) in [6.45, 7) is 0.865. The second-order valence-electron chi connectivity index (χ2n) is 12.5. The van der Waals surface area contributed by atoms with E-state index in [2.05, 4.69) is 0 Å². The van der Waals surface area contributed by atoms with Crippen LogP contribution in [0.25, 0.3) is 0 Å². The van der Waals surface area contributed by atoms with Crippen molar-refractivity contribution in [3.05, 3.63) is 0 Å². The smallest absolute Gasteiger partial charge is 0.302 e. The first-order valence-electron chi connectivity index (χ1n) is 15.4. The van der Waals surface area contributed by atoms with E-state index in [1.165, 1.54) is 6.92 Å². The molecule has 0 aromatic heterocycles. The van der Waals surface area contributed by atoms with Crippen LogP contribution in [0.3, 0.4) is 0 Å². The summed E-state index contributed by atoms with van der Waals surface area (Å²) in [6, 6.07) is 0. The largest absolute Gasteiger partial charge is 0.466 e. The third-order valence-electron chi connectivity index (χ3n) is 9.21. The van der Waals surface area contributed by atoms with Gasteiger partial charge in [-0.05, 0) is 12.8 Å². The first kappa shape index (κ1) is 44.1. The molecule has 2 heterocycles. The van der Waals surface area contributed by atoms with Crippen LogP contribution in [0.4, 0.5) is 0 Å². The molecule has 2 saturated heterocycles. The molecule has 4 fully saturated rings. The van der Waals surface area contributed by atoms with Crippen LogP contribution in [0.15, 0.2) is 0 Å². The Labute approximate surface area is 312 Å². The lowest BCUT2D eigenvalue weighted by molar-refractivity contribution is -0.289. The summed E-state index contributed by atoms with van der Waals surface area (Å²) in [6.07, 6.45) is -14.6. The molecule has 4 aliphatic rings. The van der Waals surface area contributed by atoms with Gasteiger partial charge in [0.25, 0.3) is 0 Å². The molecule has 0 aromatic rings. The summed E-state index contributed by atoms with van der Waals surface area (Å²) in [7, 11) is 0. The maximum Gasteiger partial charge on any atom is 0.302 e. The molecule has 4 rings (SSSR count). The molecule has 0 amide bonds. The van der Waals surface area contributed by atoms with Gasteiger partial charge in [0.15, 0.2) is 0 Å². The van der Waals surface area contributed by atoms with Gasteiger partial charge in [0.05, 0.1) is 65.3 Å². The van der Waals surface area contributed by atoms with Crippen molar-refractivity contribution in [2.24, 2.45) is 11.8 Å². The first-order chi connectivity index (χ1) is 23.0. The van der Waals surface area contributed by atoms with E-state index in [9.17, 15) is 50.8 Å². The molecule has 0 radical (unpaired) electrons. The van der Waals surface area contributed by atoms with Crippen molar-refractivity contribution in [2.45, 2.75) is 115 Å². The van der Waals surface area contributed by atoms with Crippen molar-refractivity contribution < 1.29 is 74.4 Å². The van der Waals surface area contributed by atoms with Gasteiger partial charge in [-0.3, -0.25) is 4.79 Å². The first-order valence-corrected chi connectivity index (χ1v) is 18.4. The Morgan fingerprint density at radius 2 is 1.06 bits per heavy atom. The Bertz CT molecular complexity index is 1060. The lowest BCUT2D eigenvalue weighted by Gasteiger charge is -2.43. The van der Waals surface area contributed by atoms with Crippen LogP contribution in [0.2, 0.25) is 0 Å². The number of hydrogen-bond acceptors (Lipinski definition) is 15. The van der Waals surface area contributed by atoms with E-state index in [1.54, 1.807) is 0 Å². The fourth-order valence-corrected chi connectivity index (χ4v) is 7.98. The summed E-state index contributed by atoms with van der Waals surface area (Å²) >= 11 is 35.3. The van der Waals surface area contributed by atoms with E-state index < -0.39 is 113 Å². The van der Waals surface area contributed by atoms with Gasteiger partial charge in [-0.25, -0.2) is 0 Å². The quantitative estimate of drug-likeness (QED) is 0.0858. The van der Waals surface area contributed by atoms with Gasteiger partial charge < -0.3 is 69.6 Å². The molecule has 2 aliphatic carbocycles. The molecule has 288 valence electrons. The summed E-state index contributed by atoms with van der Waals surface area (Å²) in [4.78, 5) is 11.0. The van der Waals surface area contributed by atoms with Crippen LogP contribution in [-0.4, -0.2) is 184 Å². The zero-order valence-corrected chi connectivity index (χ0v) is 30.7. The third kappa shape index (κ3) is 9.50. The molecule has 49 heavy (non-hydrogen) atoms. The van der Waals surface area contributed by atoms with E-state index in [1.807, 2.05) is 0 Å². The minimum Gasteiger partial charge on any atom is -0.466 e. The van der Waals surface area contributed by atoms with Crippen LogP contribution in [0, 0.1) is 11.8 Å². The number of aliphatic hydroxyl groups is 9. The zero-order valence-electron chi connectivity index (χ0n) is 26.1. The van der Waals surface area contributed by atoms with Gasteiger partial charge in [-0.2, -0.15) is 0 Å². The number of rotatable bonds is 11. The average Bonchev–Trinajstić information content (AvgIpc) is 3.48. The van der Waals surface area contributed by atoms with Crippen molar-refractivity contribution >= 4 is 75.6 Å². The minimum atomic E-state index is -1.81. The predicted octanol–water partition coefficient (Wildman–Crippen LogP) is -1.41. The van der Waals surface area contributed by atoms with E-state index in [-0.39, 0.29) is 49.6 Å². The van der Waals surface area contributed by atoms with Gasteiger partial charge >= 0.3 is 5.97 Å². The predicted molar refractivity (Wildman–Crippen MR) is 175 cm³/mol. The summed E-state index contributed by atoms with van der Waals surface area (Å²) in [5, 5.41) is 88.8. The number of carbonyl (C=O) groups excluding carboxylic acids is 1. The number of aliphatic hydroxyl groups excluding tert-OH is 9. The minimum absolute atomic E-state index is 0.0721. The monoisotopic (exact) mass is 830 g/mol. The molecule has 21 heteroatoms. The molecule has 2 saturated carbocycles. The summed E-state index contributed by atoms with van der Waals surface area (Å²) in [5.74, 6) is -5.98. The fourth-order valence-electron chi connectivity index (χ4n) is 6.26. The Kier molecular flexibility index (Phi) is 16.9. The van der Waals surface area contributed by atoms with Crippen LogP contribution < -0.4 is 0 Å². The highest BCUT2D eigenvalue weighted by Crippen LogP contribution is 2.41. The van der Waals surface area contributed by atoms with E-state index >= 15 is 0 Å². The second kappa shape index (κ2) is 18.8. The van der Waals surface area contributed by atoms with Crippen LogP contribution in [-0.2, 0) is 28.5 Å². The van der Waals surface area contributed by atoms with Gasteiger partial charge in [0.1, 0.15) is 48.8 Å². The number of alkyl halides is 6. The van der Waals surface area contributed by atoms with Crippen molar-refractivity contribution in [3.63, 3.8) is 0 Å². The third-order valence-corrected chi connectivity index (χ3v) is 11.8. The lowest BCUT2D eigenvalue weighted by Crippen LogP contribution is -2.58. The fraction of sp³-hybridized carbons (Fsp3) is 0.964. The van der Waals surface area contributed by atoms with Crippen molar-refractivity contribution in [1.82, 2.24) is 0 Å². The summed E-state index contributed by atoms with van der Waals surface area (Å²) < 4.78 is 27.3. The number of halogens is 6. The zero-order chi connectivity index (χ0) is 37.0.